The maximum absolute atomic E-state index is 11.6. The normalized spacial score (nSPS) is 17.0. The number of anilines is 1. The Morgan fingerprint density at radius 3 is 2.05 bits per heavy atom. The van der Waals surface area contributed by atoms with Crippen LogP contribution in [-0.2, 0) is 9.59 Å². The zero-order chi connectivity index (χ0) is 14.9. The van der Waals surface area contributed by atoms with E-state index in [0.29, 0.717) is 11.3 Å². The zero-order valence-electron chi connectivity index (χ0n) is 10.5. The molecule has 0 saturated carbocycles. The minimum Gasteiger partial charge on any atom is -0.480 e. The lowest BCUT2D eigenvalue weighted by Gasteiger charge is -2.30. The van der Waals surface area contributed by atoms with E-state index >= 15 is 0 Å². The molecule has 6 heteroatoms. The molecule has 6 nitrogen and oxygen atoms in total. The molecule has 6 N–H and O–H groups in total. The Kier molecular flexibility index (Phi) is 3.23. The zero-order valence-corrected chi connectivity index (χ0v) is 10.5. The third kappa shape index (κ3) is 2.01. The fourth-order valence-corrected chi connectivity index (χ4v) is 2.27. The van der Waals surface area contributed by atoms with Crippen LogP contribution in [0.3, 0.4) is 0 Å². The summed E-state index contributed by atoms with van der Waals surface area (Å²) in [5.74, 6) is -2.88. The number of hydrogen-bond acceptors (Lipinski definition) is 4. The molecule has 0 aliphatic heterocycles. The van der Waals surface area contributed by atoms with Crippen molar-refractivity contribution in [2.75, 3.05) is 5.73 Å². The van der Waals surface area contributed by atoms with Gasteiger partial charge in [0.25, 0.3) is 0 Å². The summed E-state index contributed by atoms with van der Waals surface area (Å²) in [6.45, 7) is 0. The quantitative estimate of drug-likeness (QED) is 0.482. The first kappa shape index (κ1) is 13.7. The number of allylic oxidation sites excluding steroid dienone is 3. The largest absolute Gasteiger partial charge is 0.480 e. The Morgan fingerprint density at radius 1 is 1.00 bits per heavy atom. The van der Waals surface area contributed by atoms with Crippen LogP contribution in [-0.4, -0.2) is 22.2 Å². The summed E-state index contributed by atoms with van der Waals surface area (Å²) in [5.41, 5.74) is 10.5. The van der Waals surface area contributed by atoms with Crippen molar-refractivity contribution in [2.24, 2.45) is 11.1 Å². The van der Waals surface area contributed by atoms with Crippen LogP contribution in [0.25, 0.3) is 5.57 Å². The first-order valence-electron chi connectivity index (χ1n) is 5.87. The fraction of sp³-hybridized carbons (Fsp3) is 0.143. The van der Waals surface area contributed by atoms with E-state index < -0.39 is 17.4 Å². The number of rotatable bonds is 3. The molecule has 1 aromatic carbocycles. The number of carboxylic acids is 2. The maximum Gasteiger partial charge on any atom is 0.326 e. The van der Waals surface area contributed by atoms with E-state index in [1.807, 2.05) is 0 Å². The Labute approximate surface area is 115 Å². The van der Waals surface area contributed by atoms with Crippen molar-refractivity contribution < 1.29 is 19.8 Å². The van der Waals surface area contributed by atoms with Crippen molar-refractivity contribution >= 4 is 23.2 Å². The van der Waals surface area contributed by atoms with Gasteiger partial charge in [-0.25, -0.2) is 0 Å². The highest BCUT2D eigenvalue weighted by Gasteiger charge is 2.51. The summed E-state index contributed by atoms with van der Waals surface area (Å²) < 4.78 is 0. The summed E-state index contributed by atoms with van der Waals surface area (Å²) >= 11 is 0. The molecule has 0 atom stereocenters. The van der Waals surface area contributed by atoms with E-state index in [-0.39, 0.29) is 17.7 Å². The van der Waals surface area contributed by atoms with Gasteiger partial charge in [0.15, 0.2) is 5.41 Å². The number of carboxylic acid groups (broad SMARTS) is 2. The Balaban J connectivity index is 2.64. The summed E-state index contributed by atoms with van der Waals surface area (Å²) in [4.78, 5) is 23.2. The van der Waals surface area contributed by atoms with Crippen LogP contribution in [0.5, 0.6) is 0 Å². The van der Waals surface area contributed by atoms with Crippen LogP contribution >= 0.6 is 0 Å². The molecule has 0 spiro atoms. The maximum atomic E-state index is 11.6. The number of aliphatic carboxylic acids is 2. The third-order valence-corrected chi connectivity index (χ3v) is 3.35. The minimum absolute atomic E-state index is 0.187. The van der Waals surface area contributed by atoms with Crippen LogP contribution in [0.2, 0.25) is 0 Å². The van der Waals surface area contributed by atoms with Gasteiger partial charge in [-0.3, -0.25) is 9.59 Å². The van der Waals surface area contributed by atoms with Gasteiger partial charge < -0.3 is 21.7 Å². The summed E-state index contributed by atoms with van der Waals surface area (Å²) in [6, 6.07) is 6.37. The number of carbonyl (C=O) groups is 2. The molecule has 0 bridgehead atoms. The molecule has 1 aliphatic carbocycles. The molecular formula is C14H14N2O4. The highest BCUT2D eigenvalue weighted by Crippen LogP contribution is 2.43. The van der Waals surface area contributed by atoms with E-state index in [4.69, 9.17) is 11.5 Å². The van der Waals surface area contributed by atoms with Gasteiger partial charge in [-0.2, -0.15) is 0 Å². The lowest BCUT2D eigenvalue weighted by atomic mass is 9.71. The molecule has 0 unspecified atom stereocenters. The topological polar surface area (TPSA) is 127 Å². The van der Waals surface area contributed by atoms with Crippen LogP contribution in [0.4, 0.5) is 5.69 Å². The highest BCUT2D eigenvalue weighted by atomic mass is 16.4. The van der Waals surface area contributed by atoms with Gasteiger partial charge >= 0.3 is 11.9 Å². The average molecular weight is 274 g/mol. The van der Waals surface area contributed by atoms with E-state index in [1.165, 1.54) is 12.2 Å². The summed E-state index contributed by atoms with van der Waals surface area (Å²) in [5, 5.41) is 18.9. The smallest absolute Gasteiger partial charge is 0.326 e. The summed E-state index contributed by atoms with van der Waals surface area (Å²) in [6.07, 6.45) is 2.69. The highest BCUT2D eigenvalue weighted by molar-refractivity contribution is 6.11. The van der Waals surface area contributed by atoms with E-state index in [1.54, 1.807) is 24.3 Å². The van der Waals surface area contributed by atoms with E-state index in [2.05, 4.69) is 0 Å². The molecule has 1 aromatic rings. The van der Waals surface area contributed by atoms with Crippen molar-refractivity contribution in [3.63, 3.8) is 0 Å². The van der Waals surface area contributed by atoms with E-state index in [9.17, 15) is 19.8 Å². The van der Waals surface area contributed by atoms with Crippen molar-refractivity contribution in [1.82, 2.24) is 0 Å². The number of hydrogen-bond donors (Lipinski definition) is 4. The van der Waals surface area contributed by atoms with Gasteiger partial charge in [-0.15, -0.1) is 0 Å². The monoisotopic (exact) mass is 274 g/mol. The van der Waals surface area contributed by atoms with Gasteiger partial charge in [0.1, 0.15) is 0 Å². The van der Waals surface area contributed by atoms with Gasteiger partial charge in [0.05, 0.1) is 0 Å². The SMILES string of the molecule is NC1=CC=C(c2ccc(N)cc2)C(C(=O)O)(C(=O)O)C1. The average Bonchev–Trinajstić information content (AvgIpc) is 2.39. The lowest BCUT2D eigenvalue weighted by Crippen LogP contribution is -2.42. The van der Waals surface area contributed by atoms with Crippen molar-refractivity contribution in [3.05, 3.63) is 47.7 Å². The minimum atomic E-state index is -2.07. The van der Waals surface area contributed by atoms with Gasteiger partial charge in [-0.1, -0.05) is 18.2 Å². The van der Waals surface area contributed by atoms with Gasteiger partial charge in [-0.05, 0) is 29.3 Å². The number of nitrogens with two attached hydrogens (primary N) is 2. The molecule has 2 rings (SSSR count). The Hall–Kier alpha value is -2.76. The number of benzene rings is 1. The molecule has 0 fully saturated rings. The van der Waals surface area contributed by atoms with Crippen LogP contribution in [0, 0.1) is 5.41 Å². The first-order valence-corrected chi connectivity index (χ1v) is 5.87. The third-order valence-electron chi connectivity index (χ3n) is 3.35. The van der Waals surface area contributed by atoms with Crippen LogP contribution in [0.15, 0.2) is 42.1 Å². The predicted octanol–water partition coefficient (Wildman–Crippen LogP) is 1.05. The first-order chi connectivity index (χ1) is 9.37. The van der Waals surface area contributed by atoms with Crippen molar-refractivity contribution in [3.8, 4) is 0 Å². The van der Waals surface area contributed by atoms with Crippen molar-refractivity contribution in [1.29, 1.82) is 0 Å². The van der Waals surface area contributed by atoms with Crippen LogP contribution < -0.4 is 11.5 Å². The van der Waals surface area contributed by atoms with Gasteiger partial charge in [0.2, 0.25) is 0 Å². The molecule has 104 valence electrons. The number of nitrogen functional groups attached to an aromatic ring is 1. The Bertz CT molecular complexity index is 615. The molecule has 0 aromatic heterocycles. The molecule has 0 amide bonds. The molecule has 20 heavy (non-hydrogen) atoms. The molecule has 1 aliphatic rings. The molecule has 0 heterocycles. The predicted molar refractivity (Wildman–Crippen MR) is 73.4 cm³/mol. The molecular weight excluding hydrogens is 260 g/mol. The fourth-order valence-electron chi connectivity index (χ4n) is 2.27. The summed E-state index contributed by atoms with van der Waals surface area (Å²) in [7, 11) is 0. The molecule has 0 saturated heterocycles. The van der Waals surface area contributed by atoms with E-state index in [0.717, 1.165) is 0 Å². The second kappa shape index (κ2) is 4.73. The van der Waals surface area contributed by atoms with Crippen LogP contribution in [0.1, 0.15) is 12.0 Å². The lowest BCUT2D eigenvalue weighted by molar-refractivity contribution is -0.159. The molecule has 0 radical (unpaired) electrons. The second-order valence-electron chi connectivity index (χ2n) is 4.64. The van der Waals surface area contributed by atoms with Gasteiger partial charge in [0, 0.05) is 17.8 Å². The van der Waals surface area contributed by atoms with Crippen molar-refractivity contribution in [2.45, 2.75) is 6.42 Å². The standard InChI is InChI=1S/C14H14N2O4/c15-9-3-1-8(2-4-9)11-6-5-10(16)7-14(11,12(17)18)13(19)20/h1-6H,7,15-16H2,(H,17,18)(H,19,20). The Morgan fingerprint density at radius 2 is 1.55 bits per heavy atom. The second-order valence-corrected chi connectivity index (χ2v) is 4.64.